The molecule has 0 saturated carbocycles. The zero-order chi connectivity index (χ0) is 19.9. The van der Waals surface area contributed by atoms with E-state index in [9.17, 15) is 13.6 Å². The van der Waals surface area contributed by atoms with Gasteiger partial charge in [0.05, 0.1) is 6.54 Å². The third-order valence-corrected chi connectivity index (χ3v) is 4.21. The number of carbonyl (C=O) groups is 1. The highest BCUT2D eigenvalue weighted by Crippen LogP contribution is 2.31. The van der Waals surface area contributed by atoms with E-state index in [1.54, 1.807) is 23.1 Å². The SMILES string of the molecule is CCN(C[C@H]1COc2ccccc2O1)C(=O)/C=C/c1ccc(OC(F)F)cc1. The number of ether oxygens (including phenoxy) is 3. The molecule has 1 amide bonds. The van der Waals surface area contributed by atoms with Gasteiger partial charge in [-0.2, -0.15) is 8.78 Å². The van der Waals surface area contributed by atoms with Crippen LogP contribution in [0, 0.1) is 0 Å². The van der Waals surface area contributed by atoms with Crippen molar-refractivity contribution >= 4 is 12.0 Å². The predicted octanol–water partition coefficient (Wildman–Crippen LogP) is 3.99. The number of carbonyl (C=O) groups excluding carboxylic acids is 1. The van der Waals surface area contributed by atoms with Gasteiger partial charge in [0, 0.05) is 12.6 Å². The average molecular weight is 389 g/mol. The van der Waals surface area contributed by atoms with E-state index >= 15 is 0 Å². The molecule has 0 saturated heterocycles. The summed E-state index contributed by atoms with van der Waals surface area (Å²) in [4.78, 5) is 14.2. The van der Waals surface area contributed by atoms with Crippen molar-refractivity contribution in [2.75, 3.05) is 19.7 Å². The Morgan fingerprint density at radius 2 is 1.93 bits per heavy atom. The van der Waals surface area contributed by atoms with Gasteiger partial charge in [0.25, 0.3) is 0 Å². The number of alkyl halides is 2. The van der Waals surface area contributed by atoms with Gasteiger partial charge in [-0.15, -0.1) is 0 Å². The van der Waals surface area contributed by atoms with Crippen LogP contribution >= 0.6 is 0 Å². The highest BCUT2D eigenvalue weighted by atomic mass is 19.3. The molecule has 0 radical (unpaired) electrons. The van der Waals surface area contributed by atoms with Crippen LogP contribution in [0.3, 0.4) is 0 Å². The molecule has 148 valence electrons. The molecule has 1 atom stereocenters. The van der Waals surface area contributed by atoms with Crippen molar-refractivity contribution in [3.63, 3.8) is 0 Å². The molecule has 0 N–H and O–H groups in total. The molecule has 3 rings (SSSR count). The lowest BCUT2D eigenvalue weighted by Crippen LogP contribution is -2.43. The summed E-state index contributed by atoms with van der Waals surface area (Å²) in [5.41, 5.74) is 0.706. The van der Waals surface area contributed by atoms with Gasteiger partial charge >= 0.3 is 6.61 Å². The van der Waals surface area contributed by atoms with E-state index < -0.39 is 6.61 Å². The Balaban J connectivity index is 1.57. The Kier molecular flexibility index (Phi) is 6.47. The fraction of sp³-hybridized carbons (Fsp3) is 0.286. The minimum Gasteiger partial charge on any atom is -0.486 e. The second-order valence-electron chi connectivity index (χ2n) is 6.16. The maximum atomic E-state index is 12.5. The Morgan fingerprint density at radius 3 is 2.61 bits per heavy atom. The zero-order valence-electron chi connectivity index (χ0n) is 15.4. The van der Waals surface area contributed by atoms with Gasteiger partial charge in [0.2, 0.25) is 5.91 Å². The monoisotopic (exact) mass is 389 g/mol. The molecule has 1 aliphatic heterocycles. The number of nitrogens with zero attached hydrogens (tertiary/aromatic N) is 1. The molecule has 0 bridgehead atoms. The van der Waals surface area contributed by atoms with Crippen LogP contribution in [0.15, 0.2) is 54.6 Å². The number of likely N-dealkylation sites (N-methyl/N-ethyl adjacent to an activating group) is 1. The number of fused-ring (bicyclic) bond motifs is 1. The van der Waals surface area contributed by atoms with Gasteiger partial charge in [0.15, 0.2) is 17.6 Å². The number of halogens is 2. The average Bonchev–Trinajstić information content (AvgIpc) is 2.70. The van der Waals surface area contributed by atoms with Crippen LogP contribution in [0.5, 0.6) is 17.2 Å². The highest BCUT2D eigenvalue weighted by Gasteiger charge is 2.24. The quantitative estimate of drug-likeness (QED) is 0.672. The molecule has 1 aliphatic rings. The van der Waals surface area contributed by atoms with Crippen LogP contribution in [-0.2, 0) is 4.79 Å². The van der Waals surface area contributed by atoms with Crippen LogP contribution in [0.25, 0.3) is 6.08 Å². The summed E-state index contributed by atoms with van der Waals surface area (Å²) in [5.74, 6) is 1.28. The van der Waals surface area contributed by atoms with E-state index in [1.807, 2.05) is 31.2 Å². The Hall–Kier alpha value is -3.09. The predicted molar refractivity (Wildman–Crippen MR) is 101 cm³/mol. The van der Waals surface area contributed by atoms with E-state index in [-0.39, 0.29) is 17.8 Å². The molecular formula is C21H21F2NO4. The third-order valence-electron chi connectivity index (χ3n) is 4.21. The van der Waals surface area contributed by atoms with E-state index in [2.05, 4.69) is 4.74 Å². The summed E-state index contributed by atoms with van der Waals surface area (Å²) < 4.78 is 40.2. The summed E-state index contributed by atoms with van der Waals surface area (Å²) in [7, 11) is 0. The van der Waals surface area contributed by atoms with E-state index in [1.165, 1.54) is 18.2 Å². The van der Waals surface area contributed by atoms with Crippen molar-refractivity contribution in [2.24, 2.45) is 0 Å². The summed E-state index contributed by atoms with van der Waals surface area (Å²) in [6.45, 7) is 0.316. The van der Waals surface area contributed by atoms with Crippen LogP contribution in [0.4, 0.5) is 8.78 Å². The highest BCUT2D eigenvalue weighted by molar-refractivity contribution is 5.91. The van der Waals surface area contributed by atoms with Gasteiger partial charge in [-0.3, -0.25) is 4.79 Å². The van der Waals surface area contributed by atoms with Crippen LogP contribution in [0.1, 0.15) is 12.5 Å². The summed E-state index contributed by atoms with van der Waals surface area (Å²) in [6, 6.07) is 13.5. The van der Waals surface area contributed by atoms with Crippen molar-refractivity contribution in [2.45, 2.75) is 19.6 Å². The number of benzene rings is 2. The molecule has 0 spiro atoms. The molecule has 7 heteroatoms. The zero-order valence-corrected chi connectivity index (χ0v) is 15.4. The fourth-order valence-corrected chi connectivity index (χ4v) is 2.81. The summed E-state index contributed by atoms with van der Waals surface area (Å²) in [5, 5.41) is 0. The second kappa shape index (κ2) is 9.21. The number of hydrogen-bond acceptors (Lipinski definition) is 4. The number of para-hydroxylation sites is 2. The topological polar surface area (TPSA) is 48.0 Å². The van der Waals surface area contributed by atoms with Crippen molar-refractivity contribution in [1.82, 2.24) is 4.90 Å². The molecule has 2 aromatic carbocycles. The minimum atomic E-state index is -2.86. The minimum absolute atomic E-state index is 0.0726. The maximum absolute atomic E-state index is 12.5. The van der Waals surface area contributed by atoms with Gasteiger partial charge < -0.3 is 19.1 Å². The summed E-state index contributed by atoms with van der Waals surface area (Å²) in [6.07, 6.45) is 2.83. The number of amides is 1. The molecule has 5 nitrogen and oxygen atoms in total. The van der Waals surface area contributed by atoms with Gasteiger partial charge in [-0.1, -0.05) is 24.3 Å². The first-order valence-corrected chi connectivity index (χ1v) is 8.95. The first-order chi connectivity index (χ1) is 13.5. The van der Waals surface area contributed by atoms with Crippen LogP contribution in [0.2, 0.25) is 0 Å². The molecule has 28 heavy (non-hydrogen) atoms. The lowest BCUT2D eigenvalue weighted by Gasteiger charge is -2.30. The maximum Gasteiger partial charge on any atom is 0.387 e. The lowest BCUT2D eigenvalue weighted by atomic mass is 10.2. The molecule has 0 aliphatic carbocycles. The molecule has 2 aromatic rings. The Morgan fingerprint density at radius 1 is 1.21 bits per heavy atom. The van der Waals surface area contributed by atoms with Crippen LogP contribution < -0.4 is 14.2 Å². The standard InChI is InChI=1S/C21H21F2NO4/c1-2-24(13-17-14-26-18-5-3-4-6-19(18)27-17)20(25)12-9-15-7-10-16(11-8-15)28-21(22)23/h3-12,17,21H,2,13-14H2,1H3/b12-9+/t17-/m0/s1. The summed E-state index contributed by atoms with van der Waals surface area (Å²) >= 11 is 0. The lowest BCUT2D eigenvalue weighted by molar-refractivity contribution is -0.127. The Bertz CT molecular complexity index is 823. The van der Waals surface area contributed by atoms with Gasteiger partial charge in [-0.25, -0.2) is 0 Å². The molecule has 0 aromatic heterocycles. The smallest absolute Gasteiger partial charge is 0.387 e. The first kappa shape index (κ1) is 19.7. The first-order valence-electron chi connectivity index (χ1n) is 8.95. The van der Waals surface area contributed by atoms with Crippen LogP contribution in [-0.4, -0.2) is 43.2 Å². The van der Waals surface area contributed by atoms with Crippen molar-refractivity contribution in [3.05, 3.63) is 60.2 Å². The molecular weight excluding hydrogens is 368 g/mol. The largest absolute Gasteiger partial charge is 0.486 e. The number of hydrogen-bond donors (Lipinski definition) is 0. The fourth-order valence-electron chi connectivity index (χ4n) is 2.81. The van der Waals surface area contributed by atoms with E-state index in [0.29, 0.717) is 36.8 Å². The van der Waals surface area contributed by atoms with E-state index in [0.717, 1.165) is 0 Å². The van der Waals surface area contributed by atoms with Gasteiger partial charge in [0.1, 0.15) is 12.4 Å². The normalized spacial score (nSPS) is 15.6. The number of rotatable bonds is 7. The van der Waals surface area contributed by atoms with E-state index in [4.69, 9.17) is 9.47 Å². The molecule has 0 unspecified atom stereocenters. The van der Waals surface area contributed by atoms with Crippen molar-refractivity contribution < 1.29 is 27.8 Å². The van der Waals surface area contributed by atoms with Crippen molar-refractivity contribution in [3.8, 4) is 17.2 Å². The second-order valence-corrected chi connectivity index (χ2v) is 6.16. The Labute approximate surface area is 162 Å². The molecule has 1 heterocycles. The molecule has 0 fully saturated rings. The van der Waals surface area contributed by atoms with Gasteiger partial charge in [-0.05, 0) is 42.8 Å². The van der Waals surface area contributed by atoms with Crippen molar-refractivity contribution in [1.29, 1.82) is 0 Å². The third kappa shape index (κ3) is 5.22.